The van der Waals surface area contributed by atoms with Crippen molar-refractivity contribution in [1.29, 1.82) is 0 Å². The Morgan fingerprint density at radius 3 is 2.65 bits per heavy atom. The number of hydrogen-bond donors (Lipinski definition) is 1. The van der Waals surface area contributed by atoms with Crippen LogP contribution in [0.25, 0.3) is 6.08 Å². The number of carbonyl (C=O) groups is 2. The zero-order chi connectivity index (χ0) is 13.0. The summed E-state index contributed by atoms with van der Waals surface area (Å²) in [5.41, 5.74) is 0.279. The highest BCUT2D eigenvalue weighted by molar-refractivity contribution is 6.31. The largest absolute Gasteiger partial charge is 0.478 e. The molecule has 1 aromatic rings. The molecule has 90 valence electrons. The molecule has 5 heteroatoms. The quantitative estimate of drug-likeness (QED) is 0.666. The van der Waals surface area contributed by atoms with Crippen LogP contribution in [0.3, 0.4) is 0 Å². The minimum absolute atomic E-state index is 0.0186. The lowest BCUT2D eigenvalue weighted by Crippen LogP contribution is -2.05. The van der Waals surface area contributed by atoms with Gasteiger partial charge in [0.25, 0.3) is 0 Å². The molecule has 17 heavy (non-hydrogen) atoms. The van der Waals surface area contributed by atoms with Gasteiger partial charge < -0.3 is 5.11 Å². The minimum Gasteiger partial charge on any atom is -0.478 e. The summed E-state index contributed by atoms with van der Waals surface area (Å²) in [6, 6.07) is 4.08. The van der Waals surface area contributed by atoms with E-state index in [4.69, 9.17) is 16.7 Å². The zero-order valence-corrected chi connectivity index (χ0v) is 9.74. The van der Waals surface area contributed by atoms with E-state index >= 15 is 0 Å². The molecule has 1 unspecified atom stereocenters. The Balaban J connectivity index is 3.26. The number of hydrogen-bond acceptors (Lipinski definition) is 2. The normalized spacial score (nSPS) is 12.6. The lowest BCUT2D eigenvalue weighted by atomic mass is 10.0. The Morgan fingerprint density at radius 1 is 1.47 bits per heavy atom. The summed E-state index contributed by atoms with van der Waals surface area (Å²) < 4.78 is 13.5. The second kappa shape index (κ2) is 5.59. The van der Waals surface area contributed by atoms with Crippen molar-refractivity contribution in [3.8, 4) is 0 Å². The fourth-order valence-electron chi connectivity index (χ4n) is 1.32. The summed E-state index contributed by atoms with van der Waals surface area (Å²) in [6.07, 6.45) is 1.89. The number of Topliss-reactive ketones (excluding diaryl/α,β-unsaturated/α-hetero) is 1. The van der Waals surface area contributed by atoms with E-state index < -0.39 is 17.2 Å². The molecule has 1 rings (SSSR count). The first-order chi connectivity index (χ1) is 7.93. The van der Waals surface area contributed by atoms with Crippen LogP contribution in [0.5, 0.6) is 0 Å². The fraction of sp³-hybridized carbons (Fsp3) is 0.167. The Labute approximate surface area is 103 Å². The molecule has 0 saturated heterocycles. The predicted octanol–water partition coefficient (Wildman–Crippen LogP) is 2.79. The molecule has 0 aliphatic carbocycles. The summed E-state index contributed by atoms with van der Waals surface area (Å²) >= 11 is 5.84. The van der Waals surface area contributed by atoms with Crippen LogP contribution < -0.4 is 0 Å². The van der Waals surface area contributed by atoms with E-state index in [1.165, 1.54) is 25.1 Å². The number of aliphatic carboxylic acids is 1. The fourth-order valence-corrected chi connectivity index (χ4v) is 1.51. The van der Waals surface area contributed by atoms with E-state index in [2.05, 4.69) is 0 Å². The topological polar surface area (TPSA) is 54.4 Å². The molecular formula is C12H10ClFO3. The highest BCUT2D eigenvalue weighted by atomic mass is 35.5. The molecule has 3 nitrogen and oxygen atoms in total. The molecule has 1 atom stereocenters. The van der Waals surface area contributed by atoms with Crippen molar-refractivity contribution in [3.63, 3.8) is 0 Å². The SMILES string of the molecule is CC(=O)C(Cl)c1cccc(F)c1C=CC(=O)O. The third kappa shape index (κ3) is 3.39. The van der Waals surface area contributed by atoms with Crippen molar-refractivity contribution in [1.82, 2.24) is 0 Å². The maximum atomic E-state index is 13.5. The van der Waals surface area contributed by atoms with Crippen molar-refractivity contribution in [2.24, 2.45) is 0 Å². The lowest BCUT2D eigenvalue weighted by molar-refractivity contribution is -0.131. The standard InChI is InChI=1S/C12H10ClFO3/c1-7(15)12(13)9-3-2-4-10(14)8(9)5-6-11(16)17/h2-6,12H,1H3,(H,16,17). The van der Waals surface area contributed by atoms with E-state index in [1.54, 1.807) is 0 Å². The number of carboxylic acid groups (broad SMARTS) is 1. The average molecular weight is 257 g/mol. The molecule has 0 saturated carbocycles. The second-order valence-corrected chi connectivity index (χ2v) is 3.82. The van der Waals surface area contributed by atoms with Gasteiger partial charge in [-0.2, -0.15) is 0 Å². The number of halogens is 2. The number of carboxylic acids is 1. The molecule has 0 heterocycles. The van der Waals surface area contributed by atoms with Gasteiger partial charge in [0.2, 0.25) is 0 Å². The van der Waals surface area contributed by atoms with Gasteiger partial charge >= 0.3 is 5.97 Å². The van der Waals surface area contributed by atoms with E-state index in [9.17, 15) is 14.0 Å². The van der Waals surface area contributed by atoms with Crippen LogP contribution in [0, 0.1) is 5.82 Å². The molecule has 0 amide bonds. The van der Waals surface area contributed by atoms with Crippen molar-refractivity contribution in [2.45, 2.75) is 12.3 Å². The minimum atomic E-state index is -1.20. The van der Waals surface area contributed by atoms with Gasteiger partial charge in [-0.3, -0.25) is 4.79 Å². The molecule has 0 fully saturated rings. The Hall–Kier alpha value is -1.68. The monoisotopic (exact) mass is 256 g/mol. The molecule has 1 aromatic carbocycles. The highest BCUT2D eigenvalue weighted by Gasteiger charge is 2.18. The van der Waals surface area contributed by atoms with Crippen molar-refractivity contribution in [2.75, 3.05) is 0 Å². The number of rotatable bonds is 4. The van der Waals surface area contributed by atoms with Crippen LogP contribution in [0.4, 0.5) is 4.39 Å². The summed E-state index contributed by atoms with van der Waals surface area (Å²) in [4.78, 5) is 21.5. The Morgan fingerprint density at radius 2 is 2.12 bits per heavy atom. The molecule has 0 bridgehead atoms. The van der Waals surface area contributed by atoms with E-state index in [-0.39, 0.29) is 16.9 Å². The second-order valence-electron chi connectivity index (χ2n) is 3.39. The molecular weight excluding hydrogens is 247 g/mol. The maximum Gasteiger partial charge on any atom is 0.328 e. The lowest BCUT2D eigenvalue weighted by Gasteiger charge is -2.10. The summed E-state index contributed by atoms with van der Waals surface area (Å²) in [5, 5.41) is 7.51. The van der Waals surface area contributed by atoms with Gasteiger partial charge in [-0.25, -0.2) is 9.18 Å². The van der Waals surface area contributed by atoms with Gasteiger partial charge in [0.1, 0.15) is 11.2 Å². The van der Waals surface area contributed by atoms with Crippen LogP contribution in [0.15, 0.2) is 24.3 Å². The highest BCUT2D eigenvalue weighted by Crippen LogP contribution is 2.27. The molecule has 0 aliphatic heterocycles. The predicted molar refractivity (Wildman–Crippen MR) is 62.3 cm³/mol. The van der Waals surface area contributed by atoms with E-state index in [0.29, 0.717) is 0 Å². The number of carbonyl (C=O) groups excluding carboxylic acids is 1. The van der Waals surface area contributed by atoms with E-state index in [1.807, 2.05) is 0 Å². The number of ketones is 1. The van der Waals surface area contributed by atoms with Gasteiger partial charge in [0.05, 0.1) is 0 Å². The molecule has 0 spiro atoms. The average Bonchev–Trinajstić information content (AvgIpc) is 2.25. The van der Waals surface area contributed by atoms with Crippen molar-refractivity contribution in [3.05, 3.63) is 41.2 Å². The van der Waals surface area contributed by atoms with Crippen LogP contribution in [0.1, 0.15) is 23.4 Å². The summed E-state index contributed by atoms with van der Waals surface area (Å²) in [6.45, 7) is 1.28. The van der Waals surface area contributed by atoms with Crippen LogP contribution in [-0.4, -0.2) is 16.9 Å². The van der Waals surface area contributed by atoms with Crippen LogP contribution in [0.2, 0.25) is 0 Å². The third-order valence-electron chi connectivity index (χ3n) is 2.11. The molecule has 0 radical (unpaired) electrons. The Bertz CT molecular complexity index is 483. The smallest absolute Gasteiger partial charge is 0.328 e. The van der Waals surface area contributed by atoms with Crippen LogP contribution >= 0.6 is 11.6 Å². The molecule has 1 N–H and O–H groups in total. The maximum absolute atomic E-state index is 13.5. The van der Waals surface area contributed by atoms with Gasteiger partial charge in [0, 0.05) is 11.6 Å². The first kappa shape index (κ1) is 13.4. The Kier molecular flexibility index (Phi) is 4.40. The number of benzene rings is 1. The summed E-state index contributed by atoms with van der Waals surface area (Å²) in [5.74, 6) is -2.15. The first-order valence-corrected chi connectivity index (χ1v) is 5.21. The van der Waals surface area contributed by atoms with E-state index in [0.717, 1.165) is 12.2 Å². The van der Waals surface area contributed by atoms with Crippen molar-refractivity contribution < 1.29 is 19.1 Å². The van der Waals surface area contributed by atoms with Gasteiger partial charge in [-0.1, -0.05) is 12.1 Å². The van der Waals surface area contributed by atoms with Crippen molar-refractivity contribution >= 4 is 29.4 Å². The van der Waals surface area contributed by atoms with Crippen LogP contribution in [-0.2, 0) is 9.59 Å². The third-order valence-corrected chi connectivity index (χ3v) is 2.65. The van der Waals surface area contributed by atoms with Gasteiger partial charge in [0.15, 0.2) is 5.78 Å². The summed E-state index contributed by atoms with van der Waals surface area (Å²) in [7, 11) is 0. The first-order valence-electron chi connectivity index (χ1n) is 4.77. The van der Waals surface area contributed by atoms with Gasteiger partial charge in [-0.15, -0.1) is 11.6 Å². The molecule has 0 aliphatic rings. The molecule has 0 aromatic heterocycles. The zero-order valence-electron chi connectivity index (χ0n) is 8.98. The van der Waals surface area contributed by atoms with Gasteiger partial charge in [-0.05, 0) is 24.6 Å². The number of alkyl halides is 1.